The molecule has 88 valence electrons. The third kappa shape index (κ3) is 4.16. The van der Waals surface area contributed by atoms with Gasteiger partial charge in [-0.2, -0.15) is 0 Å². The smallest absolute Gasteiger partial charge is 0.407 e. The summed E-state index contributed by atoms with van der Waals surface area (Å²) in [5.74, 6) is 0.550. The summed E-state index contributed by atoms with van der Waals surface area (Å²) in [4.78, 5) is 15.2. The Balaban J connectivity index is 2.39. The molecule has 0 bridgehead atoms. The van der Waals surface area contributed by atoms with Crippen molar-refractivity contribution in [3.05, 3.63) is 23.9 Å². The third-order valence-electron chi connectivity index (χ3n) is 1.79. The molecule has 0 spiro atoms. The maximum Gasteiger partial charge on any atom is 0.407 e. The quantitative estimate of drug-likeness (QED) is 0.846. The zero-order chi connectivity index (χ0) is 12.0. The van der Waals surface area contributed by atoms with Crippen molar-refractivity contribution in [1.29, 1.82) is 0 Å². The highest BCUT2D eigenvalue weighted by Crippen LogP contribution is 2.06. The van der Waals surface area contributed by atoms with E-state index in [1.807, 2.05) is 6.07 Å². The van der Waals surface area contributed by atoms with Crippen LogP contribution >= 0.6 is 0 Å². The molecular weight excluding hydrogens is 208 g/mol. The Morgan fingerprint density at radius 2 is 2.25 bits per heavy atom. The SMILES string of the molecule is COc1ccc(CNC(=O)OC(C)C)cn1. The van der Waals surface area contributed by atoms with Crippen LogP contribution < -0.4 is 10.1 Å². The number of hydrogen-bond donors (Lipinski definition) is 1. The summed E-state index contributed by atoms with van der Waals surface area (Å²) in [5, 5.41) is 2.63. The number of hydrogen-bond acceptors (Lipinski definition) is 4. The second kappa shape index (κ2) is 5.95. The van der Waals surface area contributed by atoms with E-state index >= 15 is 0 Å². The lowest BCUT2D eigenvalue weighted by Gasteiger charge is -2.09. The lowest BCUT2D eigenvalue weighted by molar-refractivity contribution is 0.115. The fraction of sp³-hybridized carbons (Fsp3) is 0.455. The van der Waals surface area contributed by atoms with Gasteiger partial charge in [-0.25, -0.2) is 9.78 Å². The van der Waals surface area contributed by atoms with Gasteiger partial charge in [0.05, 0.1) is 13.2 Å². The molecule has 1 heterocycles. The van der Waals surface area contributed by atoms with Crippen molar-refractivity contribution in [3.63, 3.8) is 0 Å². The van der Waals surface area contributed by atoms with Crippen LogP contribution in [0.2, 0.25) is 0 Å². The molecule has 0 unspecified atom stereocenters. The minimum absolute atomic E-state index is 0.117. The largest absolute Gasteiger partial charge is 0.481 e. The first kappa shape index (κ1) is 12.3. The van der Waals surface area contributed by atoms with Gasteiger partial charge >= 0.3 is 6.09 Å². The van der Waals surface area contributed by atoms with Crippen LogP contribution in [0.4, 0.5) is 4.79 Å². The number of pyridine rings is 1. The Bertz CT molecular complexity index is 336. The van der Waals surface area contributed by atoms with Crippen LogP contribution in [-0.4, -0.2) is 24.3 Å². The molecule has 1 aromatic rings. The van der Waals surface area contributed by atoms with E-state index in [2.05, 4.69) is 10.3 Å². The van der Waals surface area contributed by atoms with Gasteiger partial charge in [0, 0.05) is 18.8 Å². The minimum atomic E-state index is -0.425. The van der Waals surface area contributed by atoms with Crippen LogP contribution in [-0.2, 0) is 11.3 Å². The zero-order valence-corrected chi connectivity index (χ0v) is 9.69. The van der Waals surface area contributed by atoms with Crippen molar-refractivity contribution in [2.45, 2.75) is 26.5 Å². The minimum Gasteiger partial charge on any atom is -0.481 e. The molecule has 0 saturated carbocycles. The maximum absolute atomic E-state index is 11.2. The van der Waals surface area contributed by atoms with Crippen molar-refractivity contribution >= 4 is 6.09 Å². The second-order valence-corrected chi connectivity index (χ2v) is 3.52. The second-order valence-electron chi connectivity index (χ2n) is 3.52. The van der Waals surface area contributed by atoms with E-state index < -0.39 is 6.09 Å². The first-order valence-electron chi connectivity index (χ1n) is 5.05. The van der Waals surface area contributed by atoms with Crippen LogP contribution in [0.1, 0.15) is 19.4 Å². The number of rotatable bonds is 4. The van der Waals surface area contributed by atoms with Gasteiger partial charge in [-0.15, -0.1) is 0 Å². The van der Waals surface area contributed by atoms with E-state index in [4.69, 9.17) is 9.47 Å². The molecular formula is C11H16N2O3. The predicted molar refractivity (Wildman–Crippen MR) is 59.2 cm³/mol. The predicted octanol–water partition coefficient (Wildman–Crippen LogP) is 1.72. The first-order valence-corrected chi connectivity index (χ1v) is 5.05. The Morgan fingerprint density at radius 1 is 1.50 bits per heavy atom. The van der Waals surface area contributed by atoms with Gasteiger partial charge in [0.1, 0.15) is 0 Å². The lowest BCUT2D eigenvalue weighted by Crippen LogP contribution is -2.26. The molecule has 5 heteroatoms. The fourth-order valence-corrected chi connectivity index (χ4v) is 1.07. The number of carbonyl (C=O) groups excluding carboxylic acids is 1. The van der Waals surface area contributed by atoms with Crippen LogP contribution in [0.5, 0.6) is 5.88 Å². The van der Waals surface area contributed by atoms with E-state index in [-0.39, 0.29) is 6.10 Å². The summed E-state index contributed by atoms with van der Waals surface area (Å²) < 4.78 is 9.85. The van der Waals surface area contributed by atoms with Crippen molar-refractivity contribution in [2.75, 3.05) is 7.11 Å². The number of aromatic nitrogens is 1. The molecule has 5 nitrogen and oxygen atoms in total. The van der Waals surface area contributed by atoms with Crippen LogP contribution in [0.3, 0.4) is 0 Å². The van der Waals surface area contributed by atoms with Crippen molar-refractivity contribution in [1.82, 2.24) is 10.3 Å². The van der Waals surface area contributed by atoms with Gasteiger partial charge in [0.2, 0.25) is 5.88 Å². The van der Waals surface area contributed by atoms with Gasteiger partial charge in [0.15, 0.2) is 0 Å². The molecule has 0 saturated heterocycles. The molecule has 0 aliphatic heterocycles. The Hall–Kier alpha value is -1.78. The van der Waals surface area contributed by atoms with Gasteiger partial charge in [-0.3, -0.25) is 0 Å². The van der Waals surface area contributed by atoms with Crippen LogP contribution in [0.15, 0.2) is 18.3 Å². The highest BCUT2D eigenvalue weighted by atomic mass is 16.6. The molecule has 0 aliphatic rings. The van der Waals surface area contributed by atoms with Crippen LogP contribution in [0, 0.1) is 0 Å². The maximum atomic E-state index is 11.2. The lowest BCUT2D eigenvalue weighted by atomic mass is 10.3. The van der Waals surface area contributed by atoms with Gasteiger partial charge in [-0.1, -0.05) is 6.07 Å². The van der Waals surface area contributed by atoms with Crippen molar-refractivity contribution in [3.8, 4) is 5.88 Å². The average molecular weight is 224 g/mol. The summed E-state index contributed by atoms with van der Waals surface area (Å²) in [7, 11) is 1.56. The summed E-state index contributed by atoms with van der Waals surface area (Å²) in [5.41, 5.74) is 0.890. The van der Waals surface area contributed by atoms with Crippen LogP contribution in [0.25, 0.3) is 0 Å². The molecule has 1 aromatic heterocycles. The molecule has 1 N–H and O–H groups in total. The first-order chi connectivity index (χ1) is 7.61. The number of alkyl carbamates (subject to hydrolysis) is 1. The summed E-state index contributed by atoms with van der Waals surface area (Å²) in [6, 6.07) is 3.58. The summed E-state index contributed by atoms with van der Waals surface area (Å²) >= 11 is 0. The summed E-state index contributed by atoms with van der Waals surface area (Å²) in [6.07, 6.45) is 1.11. The molecule has 1 amide bonds. The molecule has 1 rings (SSSR count). The van der Waals surface area contributed by atoms with Crippen molar-refractivity contribution in [2.24, 2.45) is 0 Å². The molecule has 0 fully saturated rings. The van der Waals surface area contributed by atoms with E-state index in [9.17, 15) is 4.79 Å². The molecule has 0 aliphatic carbocycles. The normalized spacial score (nSPS) is 10.0. The third-order valence-corrected chi connectivity index (χ3v) is 1.79. The standard InChI is InChI=1S/C11H16N2O3/c1-8(2)16-11(14)13-7-9-4-5-10(15-3)12-6-9/h4-6,8H,7H2,1-3H3,(H,13,14). The topological polar surface area (TPSA) is 60.5 Å². The zero-order valence-electron chi connectivity index (χ0n) is 9.69. The number of ether oxygens (including phenoxy) is 2. The molecule has 0 radical (unpaired) electrons. The van der Waals surface area contributed by atoms with E-state index in [1.54, 1.807) is 33.2 Å². The van der Waals surface area contributed by atoms with Crippen molar-refractivity contribution < 1.29 is 14.3 Å². The van der Waals surface area contributed by atoms with Gasteiger partial charge in [-0.05, 0) is 19.4 Å². The van der Waals surface area contributed by atoms with E-state index in [0.29, 0.717) is 12.4 Å². The Labute approximate surface area is 94.8 Å². The number of methoxy groups -OCH3 is 1. The number of nitrogens with zero attached hydrogens (tertiary/aromatic N) is 1. The highest BCUT2D eigenvalue weighted by molar-refractivity contribution is 5.67. The average Bonchev–Trinajstić information content (AvgIpc) is 2.26. The molecule has 0 atom stereocenters. The van der Waals surface area contributed by atoms with E-state index in [1.165, 1.54) is 0 Å². The van der Waals surface area contributed by atoms with Gasteiger partial charge in [0.25, 0.3) is 0 Å². The molecule has 0 aromatic carbocycles. The Morgan fingerprint density at radius 3 is 2.75 bits per heavy atom. The fourth-order valence-electron chi connectivity index (χ4n) is 1.07. The van der Waals surface area contributed by atoms with E-state index in [0.717, 1.165) is 5.56 Å². The number of amides is 1. The Kier molecular flexibility index (Phi) is 4.57. The monoisotopic (exact) mass is 224 g/mol. The molecule has 16 heavy (non-hydrogen) atoms. The van der Waals surface area contributed by atoms with Gasteiger partial charge < -0.3 is 14.8 Å². The summed E-state index contributed by atoms with van der Waals surface area (Å²) in [6.45, 7) is 3.99. The highest BCUT2D eigenvalue weighted by Gasteiger charge is 2.04. The number of nitrogens with one attached hydrogen (secondary N) is 1. The number of carbonyl (C=O) groups is 1.